The minimum atomic E-state index is -0.476. The van der Waals surface area contributed by atoms with Gasteiger partial charge in [-0.1, -0.05) is 36.4 Å². The highest BCUT2D eigenvalue weighted by molar-refractivity contribution is 5.95. The minimum absolute atomic E-state index is 0.0193. The number of fused-ring (bicyclic) bond motifs is 1. The Kier molecular flexibility index (Phi) is 5.90. The summed E-state index contributed by atoms with van der Waals surface area (Å²) in [4.78, 5) is 30.9. The second-order valence-corrected chi connectivity index (χ2v) is 8.73. The third-order valence-electron chi connectivity index (χ3n) is 6.60. The van der Waals surface area contributed by atoms with Gasteiger partial charge in [0.2, 0.25) is 5.95 Å². The summed E-state index contributed by atoms with van der Waals surface area (Å²) in [5, 5.41) is 0. The van der Waals surface area contributed by atoms with Gasteiger partial charge in [0.1, 0.15) is 12.4 Å². The summed E-state index contributed by atoms with van der Waals surface area (Å²) in [6.07, 6.45) is 1.91. The molecule has 5 nitrogen and oxygen atoms in total. The van der Waals surface area contributed by atoms with Gasteiger partial charge in [-0.3, -0.25) is 9.59 Å². The number of pyridine rings is 1. The molecule has 0 radical (unpaired) electrons. The normalized spacial score (nSPS) is 17.2. The molecule has 3 heterocycles. The Morgan fingerprint density at radius 1 is 1.03 bits per heavy atom. The van der Waals surface area contributed by atoms with Gasteiger partial charge in [-0.2, -0.15) is 4.39 Å². The molecule has 6 heteroatoms. The number of hydrogen-bond donors (Lipinski definition) is 0. The SMILES string of the molecule is O=C1COc2ccc(C(=O)N3CCC([C@H](c4ccccc4)c4cccc(F)n4)CC3)cc2C1. The molecule has 1 saturated heterocycles. The quantitative estimate of drug-likeness (QED) is 0.560. The van der Waals surface area contributed by atoms with E-state index in [0.717, 1.165) is 29.7 Å². The zero-order valence-electron chi connectivity index (χ0n) is 18.2. The monoisotopic (exact) mass is 444 g/mol. The fourth-order valence-corrected chi connectivity index (χ4v) is 4.97. The molecule has 5 rings (SSSR count). The lowest BCUT2D eigenvalue weighted by Crippen LogP contribution is -2.40. The number of nitrogens with zero attached hydrogens (tertiary/aromatic N) is 2. The minimum Gasteiger partial charge on any atom is -0.486 e. The van der Waals surface area contributed by atoms with Crippen molar-refractivity contribution in [3.63, 3.8) is 0 Å². The lowest BCUT2D eigenvalue weighted by Gasteiger charge is -2.36. The van der Waals surface area contributed by atoms with Crippen molar-refractivity contribution >= 4 is 11.7 Å². The first kappa shape index (κ1) is 21.3. The standard InChI is InChI=1S/C27H25FN2O3/c28-25-8-4-7-23(29-25)26(18-5-2-1-3-6-18)19-11-13-30(14-12-19)27(32)20-9-10-24-21(15-20)16-22(31)17-33-24/h1-10,15,19,26H,11-14,16-17H2/t26-/m0/s1. The summed E-state index contributed by atoms with van der Waals surface area (Å²) in [6, 6.07) is 20.4. The van der Waals surface area contributed by atoms with E-state index in [-0.39, 0.29) is 30.1 Å². The number of carbonyl (C=O) groups is 2. The summed E-state index contributed by atoms with van der Waals surface area (Å²) < 4.78 is 19.4. The van der Waals surface area contributed by atoms with E-state index >= 15 is 0 Å². The Bertz CT molecular complexity index is 1170. The summed E-state index contributed by atoms with van der Waals surface area (Å²) in [6.45, 7) is 1.33. The predicted octanol–water partition coefficient (Wildman–Crippen LogP) is 4.41. The summed E-state index contributed by atoms with van der Waals surface area (Å²) in [5.41, 5.74) is 3.19. The van der Waals surface area contributed by atoms with Crippen molar-refractivity contribution in [3.8, 4) is 5.75 Å². The largest absolute Gasteiger partial charge is 0.486 e. The van der Waals surface area contributed by atoms with Crippen molar-refractivity contribution < 1.29 is 18.7 Å². The van der Waals surface area contributed by atoms with E-state index in [1.165, 1.54) is 6.07 Å². The van der Waals surface area contributed by atoms with Crippen LogP contribution in [0.4, 0.5) is 4.39 Å². The number of amides is 1. The lowest BCUT2D eigenvalue weighted by atomic mass is 9.78. The van der Waals surface area contributed by atoms with Crippen LogP contribution < -0.4 is 4.74 Å². The third kappa shape index (κ3) is 4.51. The maximum atomic E-state index is 13.9. The van der Waals surface area contributed by atoms with Crippen LogP contribution in [0.5, 0.6) is 5.75 Å². The molecule has 0 bridgehead atoms. The van der Waals surface area contributed by atoms with Gasteiger partial charge in [-0.05, 0) is 54.7 Å². The number of carbonyl (C=O) groups excluding carboxylic acids is 2. The predicted molar refractivity (Wildman–Crippen MR) is 122 cm³/mol. The number of Topliss-reactive ketones (excluding diaryl/α,β-unsaturated/α-hetero) is 1. The number of hydrogen-bond acceptors (Lipinski definition) is 4. The maximum Gasteiger partial charge on any atom is 0.253 e. The highest BCUT2D eigenvalue weighted by atomic mass is 19.1. The van der Waals surface area contributed by atoms with Crippen LogP contribution in [-0.4, -0.2) is 41.3 Å². The Balaban J connectivity index is 1.32. The molecule has 2 aromatic carbocycles. The van der Waals surface area contributed by atoms with Crippen LogP contribution in [0.1, 0.15) is 45.9 Å². The molecule has 0 N–H and O–H groups in total. The van der Waals surface area contributed by atoms with Gasteiger partial charge in [0.05, 0.1) is 5.69 Å². The molecule has 0 spiro atoms. The van der Waals surface area contributed by atoms with Gasteiger partial charge >= 0.3 is 0 Å². The van der Waals surface area contributed by atoms with Gasteiger partial charge in [-0.25, -0.2) is 4.98 Å². The van der Waals surface area contributed by atoms with Gasteiger partial charge in [-0.15, -0.1) is 0 Å². The second kappa shape index (κ2) is 9.14. The Hall–Kier alpha value is -3.54. The van der Waals surface area contributed by atoms with Gasteiger partial charge in [0.25, 0.3) is 5.91 Å². The van der Waals surface area contributed by atoms with Crippen molar-refractivity contribution in [2.24, 2.45) is 5.92 Å². The average molecular weight is 445 g/mol. The number of piperidine rings is 1. The molecule has 1 amide bonds. The van der Waals surface area contributed by atoms with Gasteiger partial charge in [0, 0.05) is 36.6 Å². The van der Waals surface area contributed by atoms with E-state index in [1.54, 1.807) is 24.3 Å². The van der Waals surface area contributed by atoms with Crippen LogP contribution in [-0.2, 0) is 11.2 Å². The Morgan fingerprint density at radius 2 is 1.82 bits per heavy atom. The number of halogens is 1. The fourth-order valence-electron chi connectivity index (χ4n) is 4.97. The number of rotatable bonds is 4. The Labute approximate surface area is 192 Å². The summed E-state index contributed by atoms with van der Waals surface area (Å²) in [7, 11) is 0. The first-order valence-electron chi connectivity index (χ1n) is 11.3. The molecule has 3 aromatic rings. The Morgan fingerprint density at radius 3 is 2.58 bits per heavy atom. The fraction of sp³-hybridized carbons (Fsp3) is 0.296. The first-order chi connectivity index (χ1) is 16.1. The van der Waals surface area contributed by atoms with Crippen molar-refractivity contribution in [2.45, 2.75) is 25.2 Å². The highest BCUT2D eigenvalue weighted by Gasteiger charge is 2.32. The van der Waals surface area contributed by atoms with Crippen molar-refractivity contribution in [1.29, 1.82) is 0 Å². The van der Waals surface area contributed by atoms with E-state index in [4.69, 9.17) is 4.74 Å². The highest BCUT2D eigenvalue weighted by Crippen LogP contribution is 2.37. The third-order valence-corrected chi connectivity index (χ3v) is 6.60. The van der Waals surface area contributed by atoms with E-state index in [9.17, 15) is 14.0 Å². The summed E-state index contributed by atoms with van der Waals surface area (Å²) in [5.74, 6) is 0.417. The molecule has 33 heavy (non-hydrogen) atoms. The first-order valence-corrected chi connectivity index (χ1v) is 11.3. The molecule has 2 aliphatic rings. The van der Waals surface area contributed by atoms with Crippen LogP contribution in [0.15, 0.2) is 66.7 Å². The number of benzene rings is 2. The van der Waals surface area contributed by atoms with Crippen molar-refractivity contribution in [1.82, 2.24) is 9.88 Å². The van der Waals surface area contributed by atoms with Crippen molar-refractivity contribution in [3.05, 3.63) is 95.1 Å². The molecule has 0 saturated carbocycles. The zero-order valence-corrected chi connectivity index (χ0v) is 18.2. The van der Waals surface area contributed by atoms with Gasteiger partial charge < -0.3 is 9.64 Å². The molecule has 0 unspecified atom stereocenters. The lowest BCUT2D eigenvalue weighted by molar-refractivity contribution is -0.121. The van der Waals surface area contributed by atoms with Crippen LogP contribution in [0.2, 0.25) is 0 Å². The zero-order chi connectivity index (χ0) is 22.8. The molecule has 2 aliphatic heterocycles. The second-order valence-electron chi connectivity index (χ2n) is 8.73. The van der Waals surface area contributed by atoms with Gasteiger partial charge in [0.15, 0.2) is 5.78 Å². The van der Waals surface area contributed by atoms with E-state index in [2.05, 4.69) is 17.1 Å². The van der Waals surface area contributed by atoms with E-state index in [0.29, 0.717) is 30.8 Å². The number of likely N-dealkylation sites (tertiary alicyclic amines) is 1. The molecule has 1 fully saturated rings. The maximum absolute atomic E-state index is 13.9. The van der Waals surface area contributed by atoms with Crippen LogP contribution >= 0.6 is 0 Å². The van der Waals surface area contributed by atoms with Crippen LogP contribution in [0, 0.1) is 11.9 Å². The molecule has 1 aromatic heterocycles. The topological polar surface area (TPSA) is 59.5 Å². The smallest absolute Gasteiger partial charge is 0.253 e. The summed E-state index contributed by atoms with van der Waals surface area (Å²) >= 11 is 0. The molecular formula is C27H25FN2O3. The van der Waals surface area contributed by atoms with Crippen molar-refractivity contribution in [2.75, 3.05) is 19.7 Å². The number of ether oxygens (including phenoxy) is 1. The molecule has 1 atom stereocenters. The van der Waals surface area contributed by atoms with E-state index in [1.807, 2.05) is 29.2 Å². The van der Waals surface area contributed by atoms with Crippen LogP contribution in [0.3, 0.4) is 0 Å². The van der Waals surface area contributed by atoms with E-state index < -0.39 is 5.95 Å². The number of aromatic nitrogens is 1. The molecular weight excluding hydrogens is 419 g/mol. The molecule has 168 valence electrons. The molecule has 0 aliphatic carbocycles. The number of ketones is 1. The van der Waals surface area contributed by atoms with Crippen LogP contribution in [0.25, 0.3) is 0 Å². The average Bonchev–Trinajstić information content (AvgIpc) is 2.84.